The smallest absolute Gasteiger partial charge is 0.252 e. The highest BCUT2D eigenvalue weighted by Crippen LogP contribution is 2.09. The molecule has 1 heterocycles. The average molecular weight is 249 g/mol. The summed E-state index contributed by atoms with van der Waals surface area (Å²) in [6, 6.07) is 9.58. The number of benzene rings is 1. The quantitative estimate of drug-likeness (QED) is 0.873. The fourth-order valence-corrected chi connectivity index (χ4v) is 1.75. The van der Waals surface area contributed by atoms with Gasteiger partial charge in [-0.2, -0.15) is 0 Å². The first-order chi connectivity index (χ1) is 8.16. The van der Waals surface area contributed by atoms with Crippen LogP contribution in [0.5, 0.6) is 0 Å². The summed E-state index contributed by atoms with van der Waals surface area (Å²) in [6.07, 6.45) is 0. The predicted molar refractivity (Wildman–Crippen MR) is 71.3 cm³/mol. The summed E-state index contributed by atoms with van der Waals surface area (Å²) >= 11 is 5.64. The van der Waals surface area contributed by atoms with Gasteiger partial charge in [0.05, 0.1) is 0 Å². The van der Waals surface area contributed by atoms with E-state index in [4.69, 9.17) is 11.6 Å². The lowest BCUT2D eigenvalue weighted by Gasteiger charge is -2.04. The van der Waals surface area contributed by atoms with Crippen molar-refractivity contribution < 1.29 is 0 Å². The Balaban J connectivity index is 2.25. The lowest BCUT2D eigenvalue weighted by Crippen LogP contribution is -2.21. The first kappa shape index (κ1) is 11.9. The number of halogens is 1. The number of nitrogens with one attached hydrogen (secondary N) is 2. The summed E-state index contributed by atoms with van der Waals surface area (Å²) in [5.41, 5.74) is 1.47. The number of hydrogen-bond acceptors (Lipinski definition) is 2. The van der Waals surface area contributed by atoms with Gasteiger partial charge in [0.2, 0.25) is 0 Å². The summed E-state index contributed by atoms with van der Waals surface area (Å²) in [6.45, 7) is 4.55. The van der Waals surface area contributed by atoms with Crippen LogP contribution in [-0.2, 0) is 6.54 Å². The predicted octanol–water partition coefficient (Wildman–Crippen LogP) is 2.37. The van der Waals surface area contributed by atoms with E-state index in [1.54, 1.807) is 0 Å². The molecule has 2 N–H and O–H groups in total. The number of aromatic amines is 1. The minimum absolute atomic E-state index is 0.0728. The molecule has 0 bridgehead atoms. The Hall–Kier alpha value is -1.58. The van der Waals surface area contributed by atoms with Crippen molar-refractivity contribution in [2.24, 2.45) is 0 Å². The van der Waals surface area contributed by atoms with Crippen molar-refractivity contribution in [3.05, 3.63) is 57.9 Å². The van der Waals surface area contributed by atoms with Crippen LogP contribution in [0.4, 0.5) is 0 Å². The van der Waals surface area contributed by atoms with E-state index in [0.29, 0.717) is 23.7 Å². The lowest BCUT2D eigenvalue weighted by molar-refractivity contribution is 0.748. The van der Waals surface area contributed by atoms with Gasteiger partial charge in [0.25, 0.3) is 5.56 Å². The van der Waals surface area contributed by atoms with Gasteiger partial charge in [0.1, 0.15) is 0 Å². The lowest BCUT2D eigenvalue weighted by atomic mass is 10.1. The molecule has 0 amide bonds. The Bertz CT molecular complexity index is 604. The third-order valence-corrected chi connectivity index (χ3v) is 2.60. The molecule has 0 aliphatic rings. The Morgan fingerprint density at radius 2 is 2.18 bits per heavy atom. The van der Waals surface area contributed by atoms with Gasteiger partial charge in [0, 0.05) is 29.2 Å². The van der Waals surface area contributed by atoms with Crippen LogP contribution < -0.4 is 10.9 Å². The second-order valence-corrected chi connectivity index (χ2v) is 4.37. The minimum Gasteiger partial charge on any atom is -0.322 e. The number of fused-ring (bicyclic) bond motifs is 1. The third-order valence-electron chi connectivity index (χ3n) is 2.46. The zero-order valence-corrected chi connectivity index (χ0v) is 10.1. The highest BCUT2D eigenvalue weighted by molar-refractivity contribution is 6.29. The maximum Gasteiger partial charge on any atom is 0.252 e. The van der Waals surface area contributed by atoms with Crippen LogP contribution in [0.25, 0.3) is 10.9 Å². The Labute approximate surface area is 104 Å². The van der Waals surface area contributed by atoms with E-state index in [-0.39, 0.29) is 5.56 Å². The van der Waals surface area contributed by atoms with Crippen LogP contribution in [0.2, 0.25) is 0 Å². The summed E-state index contributed by atoms with van der Waals surface area (Å²) in [4.78, 5) is 14.6. The van der Waals surface area contributed by atoms with Gasteiger partial charge in [-0.25, -0.2) is 0 Å². The van der Waals surface area contributed by atoms with E-state index in [9.17, 15) is 4.79 Å². The molecule has 1 aromatic carbocycles. The Kier molecular flexibility index (Phi) is 3.61. The molecule has 4 heteroatoms. The summed E-state index contributed by atoms with van der Waals surface area (Å²) in [7, 11) is 0. The van der Waals surface area contributed by atoms with Crippen molar-refractivity contribution in [3.63, 3.8) is 0 Å². The molecule has 2 rings (SSSR count). The fourth-order valence-electron chi connectivity index (χ4n) is 1.66. The van der Waals surface area contributed by atoms with Crippen molar-refractivity contribution in [2.45, 2.75) is 6.54 Å². The van der Waals surface area contributed by atoms with Crippen molar-refractivity contribution >= 4 is 22.5 Å². The van der Waals surface area contributed by atoms with Gasteiger partial charge in [-0.15, -0.1) is 0 Å². The maximum absolute atomic E-state index is 11.8. The minimum atomic E-state index is -0.0728. The van der Waals surface area contributed by atoms with Gasteiger partial charge < -0.3 is 10.3 Å². The zero-order valence-electron chi connectivity index (χ0n) is 9.29. The van der Waals surface area contributed by atoms with Crippen molar-refractivity contribution in [3.8, 4) is 0 Å². The molecule has 1 aromatic heterocycles. The molecular weight excluding hydrogens is 236 g/mol. The number of H-pyrrole nitrogens is 1. The van der Waals surface area contributed by atoms with Crippen LogP contribution in [-0.4, -0.2) is 11.5 Å². The molecule has 2 aromatic rings. The fraction of sp³-hybridized carbons (Fsp3) is 0.154. The topological polar surface area (TPSA) is 44.9 Å². The summed E-state index contributed by atoms with van der Waals surface area (Å²) in [5.74, 6) is 0. The average Bonchev–Trinajstić information content (AvgIpc) is 2.29. The van der Waals surface area contributed by atoms with Gasteiger partial charge in [0.15, 0.2) is 0 Å². The molecule has 0 fully saturated rings. The van der Waals surface area contributed by atoms with Crippen molar-refractivity contribution in [1.29, 1.82) is 0 Å². The molecule has 0 aliphatic carbocycles. The molecule has 0 radical (unpaired) electrons. The number of aromatic nitrogens is 1. The SMILES string of the molecule is C=C(Cl)CNCc1cc2ccccc2[nH]c1=O. The Morgan fingerprint density at radius 3 is 2.94 bits per heavy atom. The first-order valence-electron chi connectivity index (χ1n) is 5.32. The molecule has 0 saturated carbocycles. The molecule has 0 atom stereocenters. The molecule has 17 heavy (non-hydrogen) atoms. The first-order valence-corrected chi connectivity index (χ1v) is 5.69. The number of hydrogen-bond donors (Lipinski definition) is 2. The van der Waals surface area contributed by atoms with Crippen LogP contribution in [0.1, 0.15) is 5.56 Å². The van der Waals surface area contributed by atoms with Gasteiger partial charge in [-0.05, 0) is 17.5 Å². The van der Waals surface area contributed by atoms with Crippen molar-refractivity contribution in [1.82, 2.24) is 10.3 Å². The number of para-hydroxylation sites is 1. The molecule has 3 nitrogen and oxygen atoms in total. The van der Waals surface area contributed by atoms with E-state index in [1.165, 1.54) is 0 Å². The third kappa shape index (κ3) is 2.96. The summed E-state index contributed by atoms with van der Waals surface area (Å²) < 4.78 is 0. The molecule has 0 aliphatic heterocycles. The zero-order chi connectivity index (χ0) is 12.3. The van der Waals surface area contributed by atoms with Crippen LogP contribution >= 0.6 is 11.6 Å². The van der Waals surface area contributed by atoms with Gasteiger partial charge in [-0.1, -0.05) is 36.4 Å². The molecule has 0 unspecified atom stereocenters. The summed E-state index contributed by atoms with van der Waals surface area (Å²) in [5, 5.41) is 4.61. The second kappa shape index (κ2) is 5.17. The maximum atomic E-state index is 11.8. The number of rotatable bonds is 4. The molecular formula is C13H13ClN2O. The van der Waals surface area contributed by atoms with E-state index in [1.807, 2.05) is 30.3 Å². The van der Waals surface area contributed by atoms with E-state index >= 15 is 0 Å². The van der Waals surface area contributed by atoms with Gasteiger partial charge >= 0.3 is 0 Å². The standard InChI is InChI=1S/C13H13ClN2O/c1-9(14)7-15-8-11-6-10-4-2-3-5-12(10)16-13(11)17/h2-6,15H,1,7-8H2,(H,16,17). The highest BCUT2D eigenvalue weighted by atomic mass is 35.5. The molecule has 88 valence electrons. The highest BCUT2D eigenvalue weighted by Gasteiger charge is 2.02. The normalized spacial score (nSPS) is 10.6. The van der Waals surface area contributed by atoms with E-state index in [0.717, 1.165) is 10.9 Å². The Morgan fingerprint density at radius 1 is 1.41 bits per heavy atom. The second-order valence-electron chi connectivity index (χ2n) is 3.83. The molecule has 0 saturated heterocycles. The monoisotopic (exact) mass is 248 g/mol. The van der Waals surface area contributed by atoms with Gasteiger partial charge in [-0.3, -0.25) is 4.79 Å². The van der Waals surface area contributed by atoms with Crippen molar-refractivity contribution in [2.75, 3.05) is 6.54 Å². The van der Waals surface area contributed by atoms with E-state index < -0.39 is 0 Å². The van der Waals surface area contributed by atoms with Crippen LogP contribution in [0.3, 0.4) is 0 Å². The number of pyridine rings is 1. The largest absolute Gasteiger partial charge is 0.322 e. The van der Waals surface area contributed by atoms with Crippen LogP contribution in [0.15, 0.2) is 46.7 Å². The van der Waals surface area contributed by atoms with Crippen LogP contribution in [0, 0.1) is 0 Å². The molecule has 0 spiro atoms. The van der Waals surface area contributed by atoms with E-state index in [2.05, 4.69) is 16.9 Å².